The molecule has 0 aromatic carbocycles. The van der Waals surface area contributed by atoms with Crippen molar-refractivity contribution in [2.45, 2.75) is 47.0 Å². The second-order valence-electron chi connectivity index (χ2n) is 6.19. The van der Waals surface area contributed by atoms with Gasteiger partial charge >= 0.3 is 0 Å². The minimum Gasteiger partial charge on any atom is -0.300 e. The van der Waals surface area contributed by atoms with E-state index in [2.05, 4.69) is 13.8 Å². The van der Waals surface area contributed by atoms with Crippen LogP contribution in [0, 0.1) is 16.7 Å². The molecule has 2 heteroatoms. The Labute approximate surface area is 97.1 Å². The smallest absolute Gasteiger partial charge is 0.147 e. The lowest BCUT2D eigenvalue weighted by Gasteiger charge is -2.30. The van der Waals surface area contributed by atoms with Crippen LogP contribution in [0.25, 0.3) is 0 Å². The van der Waals surface area contributed by atoms with Crippen LogP contribution in [0.3, 0.4) is 0 Å². The molecule has 0 radical (unpaired) electrons. The van der Waals surface area contributed by atoms with E-state index in [0.29, 0.717) is 6.42 Å². The van der Waals surface area contributed by atoms with Gasteiger partial charge in [-0.25, -0.2) is 0 Å². The number of hydrogen-bond acceptors (Lipinski definition) is 2. The summed E-state index contributed by atoms with van der Waals surface area (Å²) in [4.78, 5) is 24.0. The molecule has 0 unspecified atom stereocenters. The molecule has 0 amide bonds. The lowest BCUT2D eigenvalue weighted by Crippen LogP contribution is -2.36. The lowest BCUT2D eigenvalue weighted by atomic mass is 9.70. The predicted octanol–water partition coefficient (Wildman–Crippen LogP) is 2.92. The van der Waals surface area contributed by atoms with Crippen LogP contribution in [0.1, 0.15) is 47.0 Å². The van der Waals surface area contributed by atoms with E-state index >= 15 is 0 Å². The highest BCUT2D eigenvalue weighted by atomic mass is 16.1. The predicted molar refractivity (Wildman–Crippen MR) is 63.0 cm³/mol. The first-order valence-corrected chi connectivity index (χ1v) is 6.00. The summed E-state index contributed by atoms with van der Waals surface area (Å²) in [6.07, 6.45) is 4.22. The molecule has 1 saturated carbocycles. The first-order chi connectivity index (χ1) is 7.29. The topological polar surface area (TPSA) is 34.1 Å². The van der Waals surface area contributed by atoms with Gasteiger partial charge in [0.15, 0.2) is 0 Å². The van der Waals surface area contributed by atoms with E-state index in [1.807, 2.05) is 13.0 Å². The summed E-state index contributed by atoms with van der Waals surface area (Å²) in [6.45, 7) is 7.97. The molecule has 16 heavy (non-hydrogen) atoms. The van der Waals surface area contributed by atoms with Crippen molar-refractivity contribution in [3.05, 3.63) is 11.6 Å². The molecule has 0 aliphatic heterocycles. The van der Waals surface area contributed by atoms with Crippen LogP contribution >= 0.6 is 0 Å². The number of Topliss-reactive ketones (excluding diaryl/α,β-unsaturated/α-hetero) is 2. The fourth-order valence-electron chi connectivity index (χ4n) is 3.70. The Bertz CT molecular complexity index is 390. The minimum atomic E-state index is -0.449. The van der Waals surface area contributed by atoms with Crippen molar-refractivity contribution in [3.8, 4) is 0 Å². The SMILES string of the molecule is CC(=O)[C@H]1CC(C)(C)C[C@]12C(=O)CC=C2C. The van der Waals surface area contributed by atoms with E-state index in [1.54, 1.807) is 6.92 Å². The number of carbonyl (C=O) groups excluding carboxylic acids is 2. The fourth-order valence-corrected chi connectivity index (χ4v) is 3.70. The third-order valence-corrected chi connectivity index (χ3v) is 4.39. The molecule has 2 atom stereocenters. The Hall–Kier alpha value is -0.920. The highest BCUT2D eigenvalue weighted by molar-refractivity contribution is 5.98. The van der Waals surface area contributed by atoms with Gasteiger partial charge in [0.05, 0.1) is 5.41 Å². The quantitative estimate of drug-likeness (QED) is 0.637. The number of ketones is 2. The van der Waals surface area contributed by atoms with Crippen LogP contribution in [0.15, 0.2) is 11.6 Å². The summed E-state index contributed by atoms with van der Waals surface area (Å²) in [7, 11) is 0. The van der Waals surface area contributed by atoms with E-state index in [9.17, 15) is 9.59 Å². The first-order valence-electron chi connectivity index (χ1n) is 6.00. The summed E-state index contributed by atoms with van der Waals surface area (Å²) >= 11 is 0. The monoisotopic (exact) mass is 220 g/mol. The highest BCUT2D eigenvalue weighted by Gasteiger charge is 2.58. The summed E-state index contributed by atoms with van der Waals surface area (Å²) in [5.74, 6) is 0.345. The Kier molecular flexibility index (Phi) is 2.37. The molecule has 2 aliphatic rings. The maximum atomic E-state index is 12.2. The Morgan fingerprint density at radius 1 is 1.44 bits per heavy atom. The van der Waals surface area contributed by atoms with Gasteiger partial charge in [-0.2, -0.15) is 0 Å². The standard InChI is InChI=1S/C14H20O2/c1-9-5-6-12(16)14(9)8-13(3,4)7-11(14)10(2)15/h5,11H,6-8H2,1-4H3/t11-,14-/m1/s1. The molecule has 88 valence electrons. The second-order valence-corrected chi connectivity index (χ2v) is 6.19. The largest absolute Gasteiger partial charge is 0.300 e. The van der Waals surface area contributed by atoms with E-state index in [4.69, 9.17) is 0 Å². The van der Waals surface area contributed by atoms with E-state index in [1.165, 1.54) is 0 Å². The molecular weight excluding hydrogens is 200 g/mol. The van der Waals surface area contributed by atoms with Crippen LogP contribution < -0.4 is 0 Å². The molecule has 0 aromatic rings. The summed E-state index contributed by atoms with van der Waals surface area (Å²) in [5.41, 5.74) is 0.782. The van der Waals surface area contributed by atoms with Crippen molar-refractivity contribution in [1.82, 2.24) is 0 Å². The summed E-state index contributed by atoms with van der Waals surface area (Å²) in [5, 5.41) is 0. The van der Waals surface area contributed by atoms with E-state index in [-0.39, 0.29) is 22.9 Å². The third kappa shape index (κ3) is 1.39. The zero-order valence-corrected chi connectivity index (χ0v) is 10.6. The molecule has 0 aromatic heterocycles. The van der Waals surface area contributed by atoms with Crippen molar-refractivity contribution in [3.63, 3.8) is 0 Å². The van der Waals surface area contributed by atoms with Gasteiger partial charge in [-0.15, -0.1) is 0 Å². The highest BCUT2D eigenvalue weighted by Crippen LogP contribution is 2.59. The molecule has 0 bridgehead atoms. The third-order valence-electron chi connectivity index (χ3n) is 4.39. The van der Waals surface area contributed by atoms with Gasteiger partial charge in [-0.3, -0.25) is 9.59 Å². The first kappa shape index (κ1) is 11.6. The Morgan fingerprint density at radius 3 is 2.50 bits per heavy atom. The maximum absolute atomic E-state index is 12.2. The zero-order chi connectivity index (χ0) is 12.1. The van der Waals surface area contributed by atoms with Gasteiger partial charge in [-0.05, 0) is 32.1 Å². The molecule has 1 spiro atoms. The minimum absolute atomic E-state index is 0.0891. The van der Waals surface area contributed by atoms with Crippen LogP contribution in [-0.2, 0) is 9.59 Å². The lowest BCUT2D eigenvalue weighted by molar-refractivity contribution is -0.133. The van der Waals surface area contributed by atoms with Crippen LogP contribution in [0.2, 0.25) is 0 Å². The van der Waals surface area contributed by atoms with Crippen LogP contribution in [0.4, 0.5) is 0 Å². The molecule has 1 fully saturated rings. The summed E-state index contributed by atoms with van der Waals surface area (Å²) < 4.78 is 0. The van der Waals surface area contributed by atoms with E-state index < -0.39 is 5.41 Å². The Balaban J connectivity index is 2.49. The molecular formula is C14H20O2. The van der Waals surface area contributed by atoms with Crippen LogP contribution in [-0.4, -0.2) is 11.6 Å². The average Bonchev–Trinajstić information content (AvgIpc) is 2.59. The average molecular weight is 220 g/mol. The molecule has 2 nitrogen and oxygen atoms in total. The second kappa shape index (κ2) is 3.28. The van der Waals surface area contributed by atoms with Gasteiger partial charge in [0.25, 0.3) is 0 Å². The van der Waals surface area contributed by atoms with Crippen LogP contribution in [0.5, 0.6) is 0 Å². The van der Waals surface area contributed by atoms with Crippen molar-refractivity contribution >= 4 is 11.6 Å². The van der Waals surface area contributed by atoms with Gasteiger partial charge in [0, 0.05) is 12.3 Å². The van der Waals surface area contributed by atoms with Gasteiger partial charge in [-0.1, -0.05) is 25.5 Å². The molecule has 2 aliphatic carbocycles. The maximum Gasteiger partial charge on any atom is 0.147 e. The van der Waals surface area contributed by atoms with Gasteiger partial charge in [0.1, 0.15) is 11.6 Å². The fraction of sp³-hybridized carbons (Fsp3) is 0.714. The molecule has 0 N–H and O–H groups in total. The number of allylic oxidation sites excluding steroid dienone is 2. The number of rotatable bonds is 1. The van der Waals surface area contributed by atoms with Gasteiger partial charge in [0.2, 0.25) is 0 Å². The normalized spacial score (nSPS) is 36.9. The van der Waals surface area contributed by atoms with Crippen molar-refractivity contribution in [1.29, 1.82) is 0 Å². The molecule has 0 heterocycles. The zero-order valence-electron chi connectivity index (χ0n) is 10.6. The number of carbonyl (C=O) groups is 2. The van der Waals surface area contributed by atoms with E-state index in [0.717, 1.165) is 18.4 Å². The van der Waals surface area contributed by atoms with Crippen molar-refractivity contribution < 1.29 is 9.59 Å². The molecule has 0 saturated heterocycles. The van der Waals surface area contributed by atoms with Gasteiger partial charge < -0.3 is 0 Å². The van der Waals surface area contributed by atoms with Crippen molar-refractivity contribution in [2.75, 3.05) is 0 Å². The van der Waals surface area contributed by atoms with Crippen molar-refractivity contribution in [2.24, 2.45) is 16.7 Å². The Morgan fingerprint density at radius 2 is 2.06 bits per heavy atom. The number of hydrogen-bond donors (Lipinski definition) is 0. The molecule has 2 rings (SSSR count). The summed E-state index contributed by atoms with van der Waals surface area (Å²) in [6, 6.07) is 0.